The molecule has 0 aliphatic carbocycles. The highest BCUT2D eigenvalue weighted by molar-refractivity contribution is 5.72. The monoisotopic (exact) mass is 356 g/mol. The maximum Gasteiger partial charge on any atom is 0.308 e. The zero-order valence-corrected chi connectivity index (χ0v) is 16.6. The van der Waals surface area contributed by atoms with Crippen molar-refractivity contribution in [2.45, 2.75) is 39.0 Å². The first kappa shape index (κ1) is 21.9. The zero-order chi connectivity index (χ0) is 18.8. The quantitative estimate of drug-likeness (QED) is 0.719. The molecule has 2 rings (SSSR count). The Morgan fingerprint density at radius 1 is 0.920 bits per heavy atom. The van der Waals surface area contributed by atoms with E-state index in [1.54, 1.807) is 0 Å². The van der Waals surface area contributed by atoms with E-state index in [2.05, 4.69) is 28.6 Å². The molecule has 0 bridgehead atoms. The standard InChI is InChI=1S/C10H19NO2.C9H17NO2/c1-8(10(12)13-3)9-4-6-11(2)7-5-9;1-10-5-3-8(4-6-10)7-9(11)12-2/h8-9H,4-7H2,1-3H3;8H,3-7H2,1-2H3. The second-order valence-electron chi connectivity index (χ2n) is 7.48. The highest BCUT2D eigenvalue weighted by Gasteiger charge is 2.27. The van der Waals surface area contributed by atoms with Gasteiger partial charge in [-0.2, -0.15) is 0 Å². The Morgan fingerprint density at radius 3 is 1.84 bits per heavy atom. The number of likely N-dealkylation sites (tertiary alicyclic amines) is 2. The van der Waals surface area contributed by atoms with Gasteiger partial charge >= 0.3 is 11.9 Å². The van der Waals surface area contributed by atoms with Crippen molar-refractivity contribution in [1.82, 2.24) is 9.80 Å². The highest BCUT2D eigenvalue weighted by atomic mass is 16.5. The Hall–Kier alpha value is -1.14. The van der Waals surface area contributed by atoms with Crippen molar-refractivity contribution in [3.8, 4) is 0 Å². The Bertz CT molecular complexity index is 400. The predicted molar refractivity (Wildman–Crippen MR) is 98.3 cm³/mol. The van der Waals surface area contributed by atoms with Crippen LogP contribution in [0.25, 0.3) is 0 Å². The van der Waals surface area contributed by atoms with E-state index in [1.807, 2.05) is 6.92 Å². The maximum atomic E-state index is 11.3. The molecule has 0 spiro atoms. The van der Waals surface area contributed by atoms with Crippen LogP contribution in [0.15, 0.2) is 0 Å². The minimum Gasteiger partial charge on any atom is -0.469 e. The molecule has 1 atom stereocenters. The fourth-order valence-electron chi connectivity index (χ4n) is 3.49. The van der Waals surface area contributed by atoms with E-state index in [1.165, 1.54) is 14.2 Å². The summed E-state index contributed by atoms with van der Waals surface area (Å²) in [5, 5.41) is 0. The van der Waals surface area contributed by atoms with Crippen LogP contribution in [-0.2, 0) is 19.1 Å². The van der Waals surface area contributed by atoms with Gasteiger partial charge in [0.25, 0.3) is 0 Å². The average Bonchev–Trinajstić information content (AvgIpc) is 2.63. The predicted octanol–water partition coefficient (Wildman–Crippen LogP) is 2.03. The van der Waals surface area contributed by atoms with E-state index >= 15 is 0 Å². The molecule has 6 nitrogen and oxygen atoms in total. The summed E-state index contributed by atoms with van der Waals surface area (Å²) in [5.41, 5.74) is 0. The van der Waals surface area contributed by atoms with Gasteiger partial charge in [0.15, 0.2) is 0 Å². The van der Waals surface area contributed by atoms with Gasteiger partial charge in [0.1, 0.15) is 0 Å². The van der Waals surface area contributed by atoms with Gasteiger partial charge < -0.3 is 19.3 Å². The minimum atomic E-state index is -0.0652. The fraction of sp³-hybridized carbons (Fsp3) is 0.895. The lowest BCUT2D eigenvalue weighted by atomic mass is 9.86. The number of ether oxygens (including phenoxy) is 2. The van der Waals surface area contributed by atoms with Gasteiger partial charge in [0.05, 0.1) is 20.1 Å². The van der Waals surface area contributed by atoms with E-state index in [0.717, 1.165) is 51.9 Å². The van der Waals surface area contributed by atoms with Crippen LogP contribution in [0, 0.1) is 17.8 Å². The van der Waals surface area contributed by atoms with E-state index in [0.29, 0.717) is 18.3 Å². The molecule has 0 saturated carbocycles. The molecular formula is C19H36N2O4. The summed E-state index contributed by atoms with van der Waals surface area (Å²) in [6, 6.07) is 0. The number of esters is 2. The number of rotatable bonds is 4. The summed E-state index contributed by atoms with van der Waals surface area (Å²) in [4.78, 5) is 26.8. The van der Waals surface area contributed by atoms with Gasteiger partial charge in [-0.15, -0.1) is 0 Å². The second kappa shape index (κ2) is 11.5. The van der Waals surface area contributed by atoms with Gasteiger partial charge in [-0.05, 0) is 77.8 Å². The highest BCUT2D eigenvalue weighted by Crippen LogP contribution is 2.24. The molecule has 0 aromatic heterocycles. The number of hydrogen-bond acceptors (Lipinski definition) is 6. The molecule has 0 radical (unpaired) electrons. The first-order chi connectivity index (χ1) is 11.9. The molecule has 2 aliphatic rings. The van der Waals surface area contributed by atoms with Crippen molar-refractivity contribution in [2.24, 2.45) is 17.8 Å². The average molecular weight is 357 g/mol. The third kappa shape index (κ3) is 8.19. The van der Waals surface area contributed by atoms with Gasteiger partial charge in [0.2, 0.25) is 0 Å². The van der Waals surface area contributed by atoms with Crippen LogP contribution in [-0.4, -0.2) is 76.2 Å². The van der Waals surface area contributed by atoms with Crippen LogP contribution >= 0.6 is 0 Å². The largest absolute Gasteiger partial charge is 0.469 e. The lowest BCUT2D eigenvalue weighted by Crippen LogP contribution is -2.35. The molecule has 2 saturated heterocycles. The van der Waals surface area contributed by atoms with Crippen molar-refractivity contribution in [3.05, 3.63) is 0 Å². The van der Waals surface area contributed by atoms with Gasteiger partial charge in [-0.3, -0.25) is 9.59 Å². The minimum absolute atomic E-state index is 0.0606. The SMILES string of the molecule is COC(=O)C(C)C1CCN(C)CC1.COC(=O)CC1CCN(C)CC1. The van der Waals surface area contributed by atoms with Crippen LogP contribution in [0.2, 0.25) is 0 Å². The zero-order valence-electron chi connectivity index (χ0n) is 16.6. The molecule has 6 heteroatoms. The Kier molecular flexibility index (Phi) is 10.0. The van der Waals surface area contributed by atoms with Crippen LogP contribution in [0.3, 0.4) is 0 Å². The Balaban J connectivity index is 0.000000251. The molecule has 2 heterocycles. The number of hydrogen-bond donors (Lipinski definition) is 0. The van der Waals surface area contributed by atoms with Crippen molar-refractivity contribution in [2.75, 3.05) is 54.5 Å². The van der Waals surface area contributed by atoms with Crippen molar-refractivity contribution in [3.63, 3.8) is 0 Å². The summed E-state index contributed by atoms with van der Waals surface area (Å²) < 4.78 is 9.37. The lowest BCUT2D eigenvalue weighted by molar-refractivity contribution is -0.147. The third-order valence-corrected chi connectivity index (χ3v) is 5.56. The number of piperidine rings is 2. The summed E-state index contributed by atoms with van der Waals surface area (Å²) in [6.45, 7) is 6.41. The van der Waals surface area contributed by atoms with Crippen LogP contribution in [0.4, 0.5) is 0 Å². The van der Waals surface area contributed by atoms with E-state index < -0.39 is 0 Å². The summed E-state index contributed by atoms with van der Waals surface area (Å²) >= 11 is 0. The second-order valence-corrected chi connectivity index (χ2v) is 7.48. The van der Waals surface area contributed by atoms with Crippen molar-refractivity contribution >= 4 is 11.9 Å². The molecule has 2 fully saturated rings. The molecule has 0 aromatic carbocycles. The van der Waals surface area contributed by atoms with E-state index in [-0.39, 0.29) is 17.9 Å². The topological polar surface area (TPSA) is 59.1 Å². The number of carbonyl (C=O) groups excluding carboxylic acids is 2. The first-order valence-electron chi connectivity index (χ1n) is 9.39. The van der Waals surface area contributed by atoms with E-state index in [9.17, 15) is 9.59 Å². The molecule has 146 valence electrons. The summed E-state index contributed by atoms with van der Waals surface area (Å²) in [7, 11) is 7.17. The summed E-state index contributed by atoms with van der Waals surface area (Å²) in [6.07, 6.45) is 5.10. The first-order valence-corrected chi connectivity index (χ1v) is 9.39. The molecule has 0 N–H and O–H groups in total. The molecule has 0 amide bonds. The van der Waals surface area contributed by atoms with E-state index in [4.69, 9.17) is 4.74 Å². The lowest BCUT2D eigenvalue weighted by Gasteiger charge is -2.31. The van der Waals surface area contributed by atoms with Crippen LogP contribution in [0.5, 0.6) is 0 Å². The van der Waals surface area contributed by atoms with Gasteiger partial charge in [0, 0.05) is 6.42 Å². The fourth-order valence-corrected chi connectivity index (χ4v) is 3.49. The molecular weight excluding hydrogens is 320 g/mol. The Morgan fingerprint density at radius 2 is 1.40 bits per heavy atom. The van der Waals surface area contributed by atoms with Crippen LogP contribution in [0.1, 0.15) is 39.0 Å². The molecule has 25 heavy (non-hydrogen) atoms. The van der Waals surface area contributed by atoms with Crippen molar-refractivity contribution in [1.29, 1.82) is 0 Å². The number of methoxy groups -OCH3 is 2. The smallest absolute Gasteiger partial charge is 0.308 e. The molecule has 2 aliphatic heterocycles. The Labute approximate surface area is 152 Å². The van der Waals surface area contributed by atoms with Gasteiger partial charge in [-0.25, -0.2) is 0 Å². The molecule has 1 unspecified atom stereocenters. The van der Waals surface area contributed by atoms with Crippen molar-refractivity contribution < 1.29 is 19.1 Å². The molecule has 0 aromatic rings. The van der Waals surface area contributed by atoms with Crippen LogP contribution < -0.4 is 0 Å². The maximum absolute atomic E-state index is 11.3. The van der Waals surface area contributed by atoms with Gasteiger partial charge in [-0.1, -0.05) is 6.92 Å². The normalized spacial score (nSPS) is 21.8. The number of carbonyl (C=O) groups is 2. The summed E-state index contributed by atoms with van der Waals surface area (Å²) in [5.74, 6) is 1.01. The third-order valence-electron chi connectivity index (χ3n) is 5.56. The number of nitrogens with zero attached hydrogens (tertiary/aromatic N) is 2.